The number of fused-ring (bicyclic) bond motifs is 1. The van der Waals surface area contributed by atoms with Crippen LogP contribution in [0.1, 0.15) is 18.1 Å². The second kappa shape index (κ2) is 8.41. The van der Waals surface area contributed by atoms with Crippen molar-refractivity contribution in [2.24, 2.45) is 5.10 Å². The number of imidazole rings is 1. The highest BCUT2D eigenvalue weighted by Crippen LogP contribution is 2.23. The quantitative estimate of drug-likeness (QED) is 0.508. The third-order valence-corrected chi connectivity index (χ3v) is 4.91. The summed E-state index contributed by atoms with van der Waals surface area (Å²) in [6.07, 6.45) is 0. The van der Waals surface area contributed by atoms with Gasteiger partial charge < -0.3 is 14.5 Å². The molecule has 4 rings (SSSR count). The molecule has 2 N–H and O–H groups in total. The van der Waals surface area contributed by atoms with Gasteiger partial charge in [0.15, 0.2) is 0 Å². The van der Waals surface area contributed by atoms with E-state index in [1.54, 1.807) is 7.11 Å². The highest BCUT2D eigenvalue weighted by molar-refractivity contribution is 5.99. The summed E-state index contributed by atoms with van der Waals surface area (Å²) in [5, 5.41) is 4.50. The first-order valence-electron chi connectivity index (χ1n) is 9.45. The number of para-hydroxylation sites is 2. The van der Waals surface area contributed by atoms with Crippen LogP contribution in [0.15, 0.2) is 47.6 Å². The first-order chi connectivity index (χ1) is 13.7. The molecule has 28 heavy (non-hydrogen) atoms. The van der Waals surface area contributed by atoms with E-state index in [9.17, 15) is 0 Å². The van der Waals surface area contributed by atoms with Gasteiger partial charge in [0.25, 0.3) is 0 Å². The van der Waals surface area contributed by atoms with Crippen molar-refractivity contribution in [1.29, 1.82) is 0 Å². The smallest absolute Gasteiger partial charge is 0.222 e. The summed E-state index contributed by atoms with van der Waals surface area (Å²) < 4.78 is 11.0. The van der Waals surface area contributed by atoms with Crippen LogP contribution in [0.2, 0.25) is 0 Å². The number of hydrogen-bond acceptors (Lipinski definition) is 6. The lowest BCUT2D eigenvalue weighted by molar-refractivity contribution is 0.0339. The Balaban J connectivity index is 1.51. The number of nitrogens with one attached hydrogen (secondary N) is 2. The number of aromatic nitrogens is 2. The lowest BCUT2D eigenvalue weighted by Crippen LogP contribution is -2.35. The van der Waals surface area contributed by atoms with E-state index < -0.39 is 0 Å². The summed E-state index contributed by atoms with van der Waals surface area (Å²) in [6, 6.07) is 14.1. The lowest BCUT2D eigenvalue weighted by atomic mass is 10.1. The van der Waals surface area contributed by atoms with Gasteiger partial charge in [-0.3, -0.25) is 4.90 Å². The van der Waals surface area contributed by atoms with E-state index in [-0.39, 0.29) is 0 Å². The minimum absolute atomic E-state index is 0.627. The van der Waals surface area contributed by atoms with E-state index in [1.807, 2.05) is 43.3 Å². The van der Waals surface area contributed by atoms with Crippen molar-refractivity contribution in [3.63, 3.8) is 0 Å². The average molecular weight is 379 g/mol. The molecule has 0 saturated carbocycles. The van der Waals surface area contributed by atoms with Gasteiger partial charge in [-0.2, -0.15) is 5.10 Å². The van der Waals surface area contributed by atoms with Crippen LogP contribution in [-0.2, 0) is 11.3 Å². The number of rotatable bonds is 6. The van der Waals surface area contributed by atoms with Crippen molar-refractivity contribution in [3.05, 3.63) is 53.6 Å². The molecule has 1 aliphatic rings. The van der Waals surface area contributed by atoms with E-state index in [1.165, 1.54) is 0 Å². The fraction of sp³-hybridized carbons (Fsp3) is 0.333. The number of morpholine rings is 1. The number of benzene rings is 2. The monoisotopic (exact) mass is 379 g/mol. The summed E-state index contributed by atoms with van der Waals surface area (Å²) >= 11 is 0. The van der Waals surface area contributed by atoms with Crippen molar-refractivity contribution in [2.75, 3.05) is 38.8 Å². The summed E-state index contributed by atoms with van der Waals surface area (Å²) in [7, 11) is 1.71. The van der Waals surface area contributed by atoms with Crippen molar-refractivity contribution in [3.8, 4) is 5.75 Å². The van der Waals surface area contributed by atoms with Gasteiger partial charge in [0.1, 0.15) is 5.75 Å². The predicted octanol–water partition coefficient (Wildman–Crippen LogP) is 3.24. The van der Waals surface area contributed by atoms with E-state index in [0.717, 1.165) is 66.5 Å². The van der Waals surface area contributed by atoms with Crippen LogP contribution in [0.5, 0.6) is 5.75 Å². The molecule has 7 nitrogen and oxygen atoms in total. The zero-order chi connectivity index (χ0) is 19.3. The molecule has 7 heteroatoms. The standard InChI is InChI=1S/C21H25N5O2/c1-15(24-25-21-22-18-5-3-4-6-19(18)23-21)16-7-8-20(27-2)17(13-16)14-26-9-11-28-12-10-26/h3-8,13H,9-12,14H2,1-2H3,(H2,22,23,25)/b24-15-. The van der Waals surface area contributed by atoms with Crippen molar-refractivity contribution in [1.82, 2.24) is 14.9 Å². The molecule has 0 atom stereocenters. The van der Waals surface area contributed by atoms with Gasteiger partial charge in [-0.1, -0.05) is 12.1 Å². The van der Waals surface area contributed by atoms with E-state index in [4.69, 9.17) is 9.47 Å². The Morgan fingerprint density at radius 3 is 2.86 bits per heavy atom. The Bertz CT molecular complexity index is 943. The second-order valence-electron chi connectivity index (χ2n) is 6.83. The summed E-state index contributed by atoms with van der Waals surface area (Å²) in [6.45, 7) is 6.26. The molecular weight excluding hydrogens is 354 g/mol. The van der Waals surface area contributed by atoms with Crippen LogP contribution in [-0.4, -0.2) is 54.0 Å². The van der Waals surface area contributed by atoms with Gasteiger partial charge in [0, 0.05) is 25.2 Å². The van der Waals surface area contributed by atoms with Crippen LogP contribution in [0.25, 0.3) is 11.0 Å². The molecule has 0 aliphatic carbocycles. The van der Waals surface area contributed by atoms with Crippen molar-refractivity contribution >= 4 is 22.7 Å². The number of methoxy groups -OCH3 is 1. The Morgan fingerprint density at radius 2 is 2.07 bits per heavy atom. The zero-order valence-electron chi connectivity index (χ0n) is 16.2. The first kappa shape index (κ1) is 18.5. The minimum atomic E-state index is 0.627. The molecule has 0 spiro atoms. The molecule has 3 aromatic rings. The number of anilines is 1. The van der Waals surface area contributed by atoms with Crippen LogP contribution in [0, 0.1) is 0 Å². The Labute approximate surface area is 164 Å². The highest BCUT2D eigenvalue weighted by atomic mass is 16.5. The van der Waals surface area contributed by atoms with Gasteiger partial charge >= 0.3 is 0 Å². The second-order valence-corrected chi connectivity index (χ2v) is 6.83. The van der Waals surface area contributed by atoms with Gasteiger partial charge in [0.05, 0.1) is 37.1 Å². The average Bonchev–Trinajstić information content (AvgIpc) is 3.16. The Morgan fingerprint density at radius 1 is 1.25 bits per heavy atom. The number of hydrazone groups is 1. The molecule has 1 saturated heterocycles. The summed E-state index contributed by atoms with van der Waals surface area (Å²) in [5.41, 5.74) is 8.00. The molecule has 1 aromatic heterocycles. The van der Waals surface area contributed by atoms with Crippen molar-refractivity contribution < 1.29 is 9.47 Å². The zero-order valence-corrected chi connectivity index (χ0v) is 16.2. The fourth-order valence-corrected chi connectivity index (χ4v) is 3.33. The number of ether oxygens (including phenoxy) is 2. The molecule has 2 heterocycles. The summed E-state index contributed by atoms with van der Waals surface area (Å²) in [4.78, 5) is 10.1. The maximum atomic E-state index is 5.56. The van der Waals surface area contributed by atoms with Crippen LogP contribution >= 0.6 is 0 Å². The van der Waals surface area contributed by atoms with Gasteiger partial charge in [0.2, 0.25) is 5.95 Å². The van der Waals surface area contributed by atoms with E-state index in [2.05, 4.69) is 31.5 Å². The molecule has 0 bridgehead atoms. The minimum Gasteiger partial charge on any atom is -0.496 e. The van der Waals surface area contributed by atoms with E-state index >= 15 is 0 Å². The van der Waals surface area contributed by atoms with Crippen LogP contribution < -0.4 is 10.2 Å². The normalized spacial score (nSPS) is 15.7. The first-order valence-corrected chi connectivity index (χ1v) is 9.45. The molecular formula is C21H25N5O2. The highest BCUT2D eigenvalue weighted by Gasteiger charge is 2.14. The maximum Gasteiger partial charge on any atom is 0.222 e. The van der Waals surface area contributed by atoms with Crippen LogP contribution in [0.4, 0.5) is 5.95 Å². The molecule has 0 radical (unpaired) electrons. The Kier molecular flexibility index (Phi) is 5.55. The summed E-state index contributed by atoms with van der Waals surface area (Å²) in [5.74, 6) is 1.52. The third-order valence-electron chi connectivity index (χ3n) is 4.91. The molecule has 0 amide bonds. The number of hydrogen-bond donors (Lipinski definition) is 2. The fourth-order valence-electron chi connectivity index (χ4n) is 3.33. The lowest BCUT2D eigenvalue weighted by Gasteiger charge is -2.27. The molecule has 2 aromatic carbocycles. The topological polar surface area (TPSA) is 74.8 Å². The SMILES string of the molecule is COc1ccc(/C(C)=N\Nc2nc3ccccc3[nH]2)cc1CN1CCOCC1. The van der Waals surface area contributed by atoms with Crippen LogP contribution in [0.3, 0.4) is 0 Å². The van der Waals surface area contributed by atoms with E-state index in [0.29, 0.717) is 5.95 Å². The number of nitrogens with zero attached hydrogens (tertiary/aromatic N) is 3. The molecule has 0 unspecified atom stereocenters. The predicted molar refractivity (Wildman–Crippen MR) is 111 cm³/mol. The number of H-pyrrole nitrogens is 1. The van der Waals surface area contributed by atoms with Gasteiger partial charge in [-0.05, 0) is 42.8 Å². The maximum absolute atomic E-state index is 5.56. The Hall–Kier alpha value is -2.90. The van der Waals surface area contributed by atoms with Gasteiger partial charge in [-0.25, -0.2) is 10.4 Å². The van der Waals surface area contributed by atoms with Gasteiger partial charge in [-0.15, -0.1) is 0 Å². The molecule has 1 aliphatic heterocycles. The molecule has 146 valence electrons. The number of aromatic amines is 1. The third kappa shape index (κ3) is 4.16. The largest absolute Gasteiger partial charge is 0.496 e. The molecule has 1 fully saturated rings. The van der Waals surface area contributed by atoms with Crippen molar-refractivity contribution in [2.45, 2.75) is 13.5 Å².